The Morgan fingerprint density at radius 1 is 1.00 bits per heavy atom. The number of phenols is 1. The standard InChI is InChI=1S/C21H17N3O2/c1-14(25)23-17-3-2-4-18(12-17)24-13-22-20-11-16(7-10-21(20)24)15-5-8-19(26)9-6-15/h2-13,26H,1H3,(H,23,25). The predicted molar refractivity (Wildman–Crippen MR) is 102 cm³/mol. The van der Waals surface area contributed by atoms with E-state index >= 15 is 0 Å². The number of carbonyl (C=O) groups is 1. The minimum atomic E-state index is -0.101. The zero-order valence-electron chi connectivity index (χ0n) is 14.2. The number of hydrogen-bond acceptors (Lipinski definition) is 3. The molecular weight excluding hydrogens is 326 g/mol. The molecule has 0 radical (unpaired) electrons. The fourth-order valence-electron chi connectivity index (χ4n) is 2.99. The highest BCUT2D eigenvalue weighted by molar-refractivity contribution is 5.89. The van der Waals surface area contributed by atoms with Gasteiger partial charge in [-0.1, -0.05) is 24.3 Å². The zero-order valence-corrected chi connectivity index (χ0v) is 14.2. The number of rotatable bonds is 3. The van der Waals surface area contributed by atoms with Crippen LogP contribution in [0.3, 0.4) is 0 Å². The van der Waals surface area contributed by atoms with Crippen LogP contribution in [0.25, 0.3) is 27.8 Å². The summed E-state index contributed by atoms with van der Waals surface area (Å²) in [4.78, 5) is 15.8. The van der Waals surface area contributed by atoms with E-state index in [4.69, 9.17) is 0 Å². The van der Waals surface area contributed by atoms with Gasteiger partial charge in [-0.2, -0.15) is 0 Å². The summed E-state index contributed by atoms with van der Waals surface area (Å²) in [5.41, 5.74) is 5.59. The first-order chi connectivity index (χ1) is 12.6. The van der Waals surface area contributed by atoms with Crippen molar-refractivity contribution in [1.82, 2.24) is 9.55 Å². The number of nitrogens with zero attached hydrogens (tertiary/aromatic N) is 2. The van der Waals surface area contributed by atoms with Gasteiger partial charge in [0, 0.05) is 18.3 Å². The maximum absolute atomic E-state index is 11.3. The number of carbonyl (C=O) groups excluding carboxylic acids is 1. The topological polar surface area (TPSA) is 67.2 Å². The monoisotopic (exact) mass is 343 g/mol. The minimum absolute atomic E-state index is 0.101. The molecule has 0 atom stereocenters. The molecule has 1 aromatic heterocycles. The Bertz CT molecular complexity index is 1100. The molecule has 0 unspecified atom stereocenters. The number of hydrogen-bond donors (Lipinski definition) is 2. The van der Waals surface area contributed by atoms with E-state index in [0.29, 0.717) is 0 Å². The van der Waals surface area contributed by atoms with Crippen LogP contribution in [0.2, 0.25) is 0 Å². The van der Waals surface area contributed by atoms with Crippen molar-refractivity contribution in [2.45, 2.75) is 6.92 Å². The molecule has 4 aromatic rings. The van der Waals surface area contributed by atoms with E-state index in [0.717, 1.165) is 33.5 Å². The van der Waals surface area contributed by atoms with Gasteiger partial charge in [0.05, 0.1) is 11.0 Å². The Hall–Kier alpha value is -3.60. The van der Waals surface area contributed by atoms with E-state index in [9.17, 15) is 9.90 Å². The summed E-state index contributed by atoms with van der Waals surface area (Å²) in [6.07, 6.45) is 1.78. The molecule has 0 saturated carbocycles. The first kappa shape index (κ1) is 15.9. The van der Waals surface area contributed by atoms with Gasteiger partial charge >= 0.3 is 0 Å². The maximum Gasteiger partial charge on any atom is 0.221 e. The number of phenolic OH excluding ortho intramolecular Hbond substituents is 1. The van der Waals surface area contributed by atoms with Crippen LogP contribution in [0.4, 0.5) is 5.69 Å². The zero-order chi connectivity index (χ0) is 18.1. The summed E-state index contributed by atoms with van der Waals surface area (Å²) in [6.45, 7) is 1.49. The Labute approximate surface area is 150 Å². The smallest absolute Gasteiger partial charge is 0.221 e. The van der Waals surface area contributed by atoms with Gasteiger partial charge in [-0.25, -0.2) is 4.98 Å². The lowest BCUT2D eigenvalue weighted by atomic mass is 10.1. The molecule has 1 heterocycles. The van der Waals surface area contributed by atoms with Crippen LogP contribution in [0.5, 0.6) is 5.75 Å². The Morgan fingerprint density at radius 3 is 2.54 bits per heavy atom. The molecule has 128 valence electrons. The van der Waals surface area contributed by atoms with Crippen LogP contribution in [0.1, 0.15) is 6.92 Å². The SMILES string of the molecule is CC(=O)Nc1cccc(-n2cnc3cc(-c4ccc(O)cc4)ccc32)c1. The van der Waals surface area contributed by atoms with Gasteiger partial charge in [0.2, 0.25) is 5.91 Å². The van der Waals surface area contributed by atoms with Crippen molar-refractivity contribution in [1.29, 1.82) is 0 Å². The largest absolute Gasteiger partial charge is 0.508 e. The molecule has 0 saturated heterocycles. The van der Waals surface area contributed by atoms with Crippen LogP contribution < -0.4 is 5.32 Å². The molecule has 0 aliphatic rings. The second-order valence-electron chi connectivity index (χ2n) is 6.10. The molecule has 26 heavy (non-hydrogen) atoms. The van der Waals surface area contributed by atoms with Crippen LogP contribution >= 0.6 is 0 Å². The molecule has 0 spiro atoms. The van der Waals surface area contributed by atoms with Crippen LogP contribution in [0, 0.1) is 0 Å². The molecule has 0 fully saturated rings. The van der Waals surface area contributed by atoms with Gasteiger partial charge in [-0.3, -0.25) is 9.36 Å². The molecule has 0 aliphatic carbocycles. The van der Waals surface area contributed by atoms with Gasteiger partial charge in [-0.15, -0.1) is 0 Å². The number of nitrogens with one attached hydrogen (secondary N) is 1. The lowest BCUT2D eigenvalue weighted by molar-refractivity contribution is -0.114. The van der Waals surface area contributed by atoms with Crippen LogP contribution in [-0.4, -0.2) is 20.6 Å². The molecule has 5 heteroatoms. The number of anilines is 1. The number of aromatic nitrogens is 2. The van der Waals surface area contributed by atoms with Crippen molar-refractivity contribution in [2.24, 2.45) is 0 Å². The van der Waals surface area contributed by atoms with Crippen LogP contribution in [0.15, 0.2) is 73.1 Å². The molecular formula is C21H17N3O2. The molecule has 3 aromatic carbocycles. The van der Waals surface area contributed by atoms with E-state index < -0.39 is 0 Å². The third-order valence-electron chi connectivity index (χ3n) is 4.19. The fraction of sp³-hybridized carbons (Fsp3) is 0.0476. The summed E-state index contributed by atoms with van der Waals surface area (Å²) in [7, 11) is 0. The van der Waals surface area contributed by atoms with E-state index in [-0.39, 0.29) is 11.7 Å². The van der Waals surface area contributed by atoms with Gasteiger partial charge < -0.3 is 10.4 Å². The van der Waals surface area contributed by atoms with Gasteiger partial charge in [-0.05, 0) is 53.6 Å². The summed E-state index contributed by atoms with van der Waals surface area (Å²) in [6, 6.07) is 20.8. The van der Waals surface area contributed by atoms with Crippen molar-refractivity contribution in [3.8, 4) is 22.6 Å². The normalized spacial score (nSPS) is 10.8. The van der Waals surface area contributed by atoms with Crippen molar-refractivity contribution >= 4 is 22.6 Å². The first-order valence-electron chi connectivity index (χ1n) is 8.25. The maximum atomic E-state index is 11.3. The van der Waals surface area contributed by atoms with Crippen molar-refractivity contribution < 1.29 is 9.90 Å². The third-order valence-corrected chi connectivity index (χ3v) is 4.19. The average molecular weight is 343 g/mol. The highest BCUT2D eigenvalue weighted by Gasteiger charge is 2.08. The lowest BCUT2D eigenvalue weighted by Crippen LogP contribution is -2.06. The minimum Gasteiger partial charge on any atom is -0.508 e. The lowest BCUT2D eigenvalue weighted by Gasteiger charge is -2.08. The highest BCUT2D eigenvalue weighted by atomic mass is 16.3. The Balaban J connectivity index is 1.74. The summed E-state index contributed by atoms with van der Waals surface area (Å²) in [5, 5.41) is 12.2. The Morgan fingerprint density at radius 2 is 1.77 bits per heavy atom. The number of aromatic hydroxyl groups is 1. The summed E-state index contributed by atoms with van der Waals surface area (Å²) < 4.78 is 1.99. The number of imidazole rings is 1. The van der Waals surface area contributed by atoms with Gasteiger partial charge in [0.1, 0.15) is 12.1 Å². The molecule has 0 bridgehead atoms. The van der Waals surface area contributed by atoms with E-state index in [1.165, 1.54) is 6.92 Å². The molecule has 0 aliphatic heterocycles. The quantitative estimate of drug-likeness (QED) is 0.581. The van der Waals surface area contributed by atoms with Gasteiger partial charge in [0.25, 0.3) is 0 Å². The van der Waals surface area contributed by atoms with Crippen molar-refractivity contribution in [3.63, 3.8) is 0 Å². The second kappa shape index (κ2) is 6.37. The molecule has 2 N–H and O–H groups in total. The fourth-order valence-corrected chi connectivity index (χ4v) is 2.99. The number of amides is 1. The highest BCUT2D eigenvalue weighted by Crippen LogP contribution is 2.27. The number of benzene rings is 3. The van der Waals surface area contributed by atoms with Crippen molar-refractivity contribution in [3.05, 3.63) is 73.1 Å². The second-order valence-corrected chi connectivity index (χ2v) is 6.10. The number of fused-ring (bicyclic) bond motifs is 1. The van der Waals surface area contributed by atoms with Crippen molar-refractivity contribution in [2.75, 3.05) is 5.32 Å². The van der Waals surface area contributed by atoms with E-state index in [1.54, 1.807) is 18.5 Å². The molecule has 5 nitrogen and oxygen atoms in total. The molecule has 4 rings (SSSR count). The summed E-state index contributed by atoms with van der Waals surface area (Å²) in [5.74, 6) is 0.148. The Kier molecular flexibility index (Phi) is 3.89. The first-order valence-corrected chi connectivity index (χ1v) is 8.25. The summed E-state index contributed by atoms with van der Waals surface area (Å²) >= 11 is 0. The van der Waals surface area contributed by atoms with E-state index in [1.807, 2.05) is 59.2 Å². The van der Waals surface area contributed by atoms with Gasteiger partial charge in [0.15, 0.2) is 0 Å². The average Bonchev–Trinajstić information content (AvgIpc) is 3.05. The molecule has 1 amide bonds. The van der Waals surface area contributed by atoms with Crippen LogP contribution in [-0.2, 0) is 4.79 Å². The van der Waals surface area contributed by atoms with E-state index in [2.05, 4.69) is 10.3 Å². The predicted octanol–water partition coefficient (Wildman–Crippen LogP) is 4.36. The third kappa shape index (κ3) is 3.02.